The van der Waals surface area contributed by atoms with Gasteiger partial charge >= 0.3 is 0 Å². The highest BCUT2D eigenvalue weighted by Crippen LogP contribution is 2.20. The molecule has 0 saturated heterocycles. The summed E-state index contributed by atoms with van der Waals surface area (Å²) in [6, 6.07) is 13.3. The molecule has 2 rings (SSSR count). The van der Waals surface area contributed by atoms with Gasteiger partial charge in [0.05, 0.1) is 0 Å². The number of benzene rings is 2. The molecule has 0 aliphatic heterocycles. The van der Waals surface area contributed by atoms with Crippen molar-refractivity contribution in [3.05, 3.63) is 59.2 Å². The van der Waals surface area contributed by atoms with E-state index in [0.29, 0.717) is 12.1 Å². The monoisotopic (exact) mass is 269 g/mol. The van der Waals surface area contributed by atoms with Gasteiger partial charge in [-0.1, -0.05) is 29.8 Å². The van der Waals surface area contributed by atoms with Crippen LogP contribution in [0.4, 0.5) is 5.69 Å². The van der Waals surface area contributed by atoms with E-state index in [0.717, 1.165) is 17.5 Å². The number of hydrogen-bond donors (Lipinski definition) is 2. The van der Waals surface area contributed by atoms with Gasteiger partial charge in [-0.25, -0.2) is 0 Å². The maximum Gasteiger partial charge on any atom is 0.224 e. The summed E-state index contributed by atoms with van der Waals surface area (Å²) in [7, 11) is 0. The Hall–Kier alpha value is -2.29. The van der Waals surface area contributed by atoms with Crippen molar-refractivity contribution in [2.24, 2.45) is 0 Å². The van der Waals surface area contributed by atoms with Gasteiger partial charge in [-0.3, -0.25) is 4.79 Å². The smallest absolute Gasteiger partial charge is 0.224 e. The third kappa shape index (κ3) is 3.85. The average Bonchev–Trinajstić information content (AvgIpc) is 2.42. The zero-order valence-corrected chi connectivity index (χ0v) is 11.8. The second-order valence-electron chi connectivity index (χ2n) is 5.04. The summed E-state index contributed by atoms with van der Waals surface area (Å²) in [5, 5.41) is 12.3. The number of phenols is 1. The molecule has 104 valence electrons. The van der Waals surface area contributed by atoms with E-state index >= 15 is 0 Å². The van der Waals surface area contributed by atoms with Crippen molar-refractivity contribution in [3.63, 3.8) is 0 Å². The molecule has 0 saturated carbocycles. The third-order valence-corrected chi connectivity index (χ3v) is 3.24. The predicted octanol–water partition coefficient (Wildman–Crippen LogP) is 3.58. The SMILES string of the molecule is Cc1ccc(CCC(=O)Nc2ccc(O)c(C)c2)cc1. The van der Waals surface area contributed by atoms with Crippen LogP contribution < -0.4 is 5.32 Å². The molecule has 2 aromatic carbocycles. The Labute approximate surface area is 119 Å². The Morgan fingerprint density at radius 3 is 2.45 bits per heavy atom. The van der Waals surface area contributed by atoms with Crippen molar-refractivity contribution in [3.8, 4) is 5.75 Å². The summed E-state index contributed by atoms with van der Waals surface area (Å²) in [5.74, 6) is 0.221. The van der Waals surface area contributed by atoms with Gasteiger partial charge in [-0.05, 0) is 49.6 Å². The van der Waals surface area contributed by atoms with Gasteiger partial charge in [0.25, 0.3) is 0 Å². The first-order valence-corrected chi connectivity index (χ1v) is 6.69. The highest BCUT2D eigenvalue weighted by atomic mass is 16.3. The predicted molar refractivity (Wildman–Crippen MR) is 81.0 cm³/mol. The molecule has 0 heterocycles. The zero-order valence-electron chi connectivity index (χ0n) is 11.8. The lowest BCUT2D eigenvalue weighted by atomic mass is 10.1. The minimum absolute atomic E-state index is 0.0179. The Balaban J connectivity index is 1.89. The minimum atomic E-state index is -0.0179. The number of nitrogens with one attached hydrogen (secondary N) is 1. The van der Waals surface area contributed by atoms with Crippen LogP contribution in [0.15, 0.2) is 42.5 Å². The molecule has 1 amide bonds. The molecule has 2 aromatic rings. The second-order valence-corrected chi connectivity index (χ2v) is 5.04. The van der Waals surface area contributed by atoms with Crippen molar-refractivity contribution in [1.29, 1.82) is 0 Å². The third-order valence-electron chi connectivity index (χ3n) is 3.24. The molecule has 0 unspecified atom stereocenters. The summed E-state index contributed by atoms with van der Waals surface area (Å²) >= 11 is 0. The molecule has 0 aliphatic carbocycles. The fourth-order valence-corrected chi connectivity index (χ4v) is 1.97. The van der Waals surface area contributed by atoms with Crippen LogP contribution >= 0.6 is 0 Å². The molecule has 0 aromatic heterocycles. The van der Waals surface area contributed by atoms with Crippen LogP contribution in [0.3, 0.4) is 0 Å². The normalized spacial score (nSPS) is 10.3. The molecule has 0 fully saturated rings. The van der Waals surface area contributed by atoms with Crippen LogP contribution in [0.1, 0.15) is 23.1 Å². The van der Waals surface area contributed by atoms with Crippen LogP contribution in [-0.2, 0) is 11.2 Å². The number of phenolic OH excluding ortho intramolecular Hbond substituents is 1. The number of amides is 1. The lowest BCUT2D eigenvalue weighted by Crippen LogP contribution is -2.12. The van der Waals surface area contributed by atoms with Crippen LogP contribution in [-0.4, -0.2) is 11.0 Å². The summed E-state index contributed by atoms with van der Waals surface area (Å²) in [5.41, 5.74) is 3.85. The standard InChI is InChI=1S/C17H19NO2/c1-12-3-5-14(6-4-12)7-10-17(20)18-15-8-9-16(19)13(2)11-15/h3-6,8-9,11,19H,7,10H2,1-2H3,(H,18,20). The zero-order chi connectivity index (χ0) is 14.5. The first-order valence-electron chi connectivity index (χ1n) is 6.69. The molecule has 0 radical (unpaired) electrons. The Morgan fingerprint density at radius 1 is 1.10 bits per heavy atom. The van der Waals surface area contributed by atoms with E-state index in [1.54, 1.807) is 25.1 Å². The summed E-state index contributed by atoms with van der Waals surface area (Å²) in [6.45, 7) is 3.85. The van der Waals surface area contributed by atoms with Crippen molar-refractivity contribution in [2.45, 2.75) is 26.7 Å². The number of aryl methyl sites for hydroxylation is 3. The van der Waals surface area contributed by atoms with Crippen LogP contribution in [0.2, 0.25) is 0 Å². The number of anilines is 1. The van der Waals surface area contributed by atoms with Gasteiger partial charge in [0.1, 0.15) is 5.75 Å². The Morgan fingerprint density at radius 2 is 1.80 bits per heavy atom. The molecular weight excluding hydrogens is 250 g/mol. The molecule has 3 nitrogen and oxygen atoms in total. The lowest BCUT2D eigenvalue weighted by molar-refractivity contribution is -0.116. The number of hydrogen-bond acceptors (Lipinski definition) is 2. The topological polar surface area (TPSA) is 49.3 Å². The first-order chi connectivity index (χ1) is 9.54. The largest absolute Gasteiger partial charge is 0.508 e. The van der Waals surface area contributed by atoms with Crippen LogP contribution in [0.25, 0.3) is 0 Å². The molecule has 0 spiro atoms. The van der Waals surface area contributed by atoms with Gasteiger partial charge in [-0.15, -0.1) is 0 Å². The first kappa shape index (κ1) is 14.1. The number of aromatic hydroxyl groups is 1. The maximum absolute atomic E-state index is 11.9. The van der Waals surface area contributed by atoms with Crippen LogP contribution in [0.5, 0.6) is 5.75 Å². The molecule has 0 bridgehead atoms. The fourth-order valence-electron chi connectivity index (χ4n) is 1.97. The van der Waals surface area contributed by atoms with E-state index < -0.39 is 0 Å². The summed E-state index contributed by atoms with van der Waals surface area (Å²) in [4.78, 5) is 11.9. The van der Waals surface area contributed by atoms with E-state index in [1.165, 1.54) is 5.56 Å². The Bertz CT molecular complexity index is 603. The Kier molecular flexibility index (Phi) is 4.41. The fraction of sp³-hybridized carbons (Fsp3) is 0.235. The van der Waals surface area contributed by atoms with Crippen molar-refractivity contribution in [1.82, 2.24) is 0 Å². The van der Waals surface area contributed by atoms with Gasteiger partial charge in [-0.2, -0.15) is 0 Å². The molecule has 3 heteroatoms. The molecule has 2 N–H and O–H groups in total. The molecular formula is C17H19NO2. The average molecular weight is 269 g/mol. The number of carbonyl (C=O) groups excluding carboxylic acids is 1. The molecule has 20 heavy (non-hydrogen) atoms. The highest BCUT2D eigenvalue weighted by Gasteiger charge is 2.04. The van der Waals surface area contributed by atoms with Gasteiger partial charge in [0.2, 0.25) is 5.91 Å². The number of rotatable bonds is 4. The number of carbonyl (C=O) groups is 1. The summed E-state index contributed by atoms with van der Waals surface area (Å²) in [6.07, 6.45) is 1.17. The maximum atomic E-state index is 11.9. The quantitative estimate of drug-likeness (QED) is 0.833. The molecule has 0 aliphatic rings. The van der Waals surface area contributed by atoms with Gasteiger partial charge in [0.15, 0.2) is 0 Å². The van der Waals surface area contributed by atoms with E-state index in [-0.39, 0.29) is 11.7 Å². The van der Waals surface area contributed by atoms with Gasteiger partial charge < -0.3 is 10.4 Å². The highest BCUT2D eigenvalue weighted by molar-refractivity contribution is 5.91. The van der Waals surface area contributed by atoms with E-state index in [9.17, 15) is 9.90 Å². The van der Waals surface area contributed by atoms with Crippen molar-refractivity contribution >= 4 is 11.6 Å². The minimum Gasteiger partial charge on any atom is -0.508 e. The van der Waals surface area contributed by atoms with Crippen molar-refractivity contribution in [2.75, 3.05) is 5.32 Å². The summed E-state index contributed by atoms with van der Waals surface area (Å²) < 4.78 is 0. The van der Waals surface area contributed by atoms with Gasteiger partial charge in [0, 0.05) is 12.1 Å². The second kappa shape index (κ2) is 6.24. The van der Waals surface area contributed by atoms with E-state index in [2.05, 4.69) is 17.4 Å². The molecule has 0 atom stereocenters. The van der Waals surface area contributed by atoms with E-state index in [4.69, 9.17) is 0 Å². The lowest BCUT2D eigenvalue weighted by Gasteiger charge is -2.07. The van der Waals surface area contributed by atoms with E-state index in [1.807, 2.05) is 19.1 Å². The van der Waals surface area contributed by atoms with Crippen LogP contribution in [0, 0.1) is 13.8 Å². The van der Waals surface area contributed by atoms with Crippen molar-refractivity contribution < 1.29 is 9.90 Å².